The van der Waals surface area contributed by atoms with Gasteiger partial charge in [0.2, 0.25) is 11.8 Å². The van der Waals surface area contributed by atoms with Crippen molar-refractivity contribution in [1.82, 2.24) is 15.1 Å². The highest BCUT2D eigenvalue weighted by Gasteiger charge is 2.30. The molecule has 2 heterocycles. The molecule has 3 N–H and O–H groups in total. The first-order chi connectivity index (χ1) is 10.2. The maximum atomic E-state index is 12.0. The van der Waals surface area contributed by atoms with Crippen molar-refractivity contribution in [1.29, 1.82) is 0 Å². The van der Waals surface area contributed by atoms with Crippen molar-refractivity contribution in [2.24, 2.45) is 5.73 Å². The van der Waals surface area contributed by atoms with E-state index in [1.807, 2.05) is 4.90 Å². The third kappa shape index (κ3) is 5.26. The van der Waals surface area contributed by atoms with E-state index in [4.69, 9.17) is 10.5 Å². The molecule has 21 heavy (non-hydrogen) atoms. The average Bonchev–Trinajstić information content (AvgIpc) is 2.84. The summed E-state index contributed by atoms with van der Waals surface area (Å²) in [6.07, 6.45) is 1.54. The molecule has 1 unspecified atom stereocenters. The minimum atomic E-state index is -0.0486. The van der Waals surface area contributed by atoms with Crippen LogP contribution in [0, 0.1) is 0 Å². The largest absolute Gasteiger partial charge is 0.379 e. The van der Waals surface area contributed by atoms with Crippen LogP contribution < -0.4 is 11.1 Å². The van der Waals surface area contributed by atoms with E-state index >= 15 is 0 Å². The van der Waals surface area contributed by atoms with Crippen LogP contribution in [-0.4, -0.2) is 80.1 Å². The Labute approximate surface area is 125 Å². The zero-order chi connectivity index (χ0) is 15.1. The van der Waals surface area contributed by atoms with Gasteiger partial charge in [-0.3, -0.25) is 14.5 Å². The Bertz CT molecular complexity index is 358. The van der Waals surface area contributed by atoms with Crippen molar-refractivity contribution >= 4 is 11.8 Å². The number of hydrogen-bond acceptors (Lipinski definition) is 5. The van der Waals surface area contributed by atoms with Crippen molar-refractivity contribution in [3.63, 3.8) is 0 Å². The third-order valence-corrected chi connectivity index (χ3v) is 3.98. The first-order valence-electron chi connectivity index (χ1n) is 7.76. The van der Waals surface area contributed by atoms with Gasteiger partial charge in [-0.25, -0.2) is 0 Å². The average molecular weight is 298 g/mol. The lowest BCUT2D eigenvalue weighted by molar-refractivity contribution is -0.128. The Balaban J connectivity index is 1.68. The van der Waals surface area contributed by atoms with E-state index in [9.17, 15) is 9.59 Å². The minimum Gasteiger partial charge on any atom is -0.379 e. The van der Waals surface area contributed by atoms with Crippen LogP contribution in [0.25, 0.3) is 0 Å². The summed E-state index contributed by atoms with van der Waals surface area (Å²) in [5.41, 5.74) is 5.38. The standard InChI is InChI=1S/C14H26N4O3/c15-3-1-2-13(19)16-12-10-14(20)18(11-12)5-4-17-6-8-21-9-7-17/h12H,1-11,15H2,(H,16,19). The molecule has 2 fully saturated rings. The number of ether oxygens (including phenoxy) is 1. The van der Waals surface area contributed by atoms with Gasteiger partial charge in [0.05, 0.1) is 19.3 Å². The molecule has 2 saturated heterocycles. The van der Waals surface area contributed by atoms with Crippen LogP contribution in [0.3, 0.4) is 0 Å². The zero-order valence-electron chi connectivity index (χ0n) is 12.6. The second kappa shape index (κ2) is 8.31. The molecular formula is C14H26N4O3. The van der Waals surface area contributed by atoms with Crippen LogP contribution in [0.2, 0.25) is 0 Å². The molecule has 7 nitrogen and oxygen atoms in total. The highest BCUT2D eigenvalue weighted by Crippen LogP contribution is 2.11. The molecular weight excluding hydrogens is 272 g/mol. The molecule has 7 heteroatoms. The Hall–Kier alpha value is -1.18. The number of amides is 2. The van der Waals surface area contributed by atoms with Gasteiger partial charge >= 0.3 is 0 Å². The number of hydrogen-bond donors (Lipinski definition) is 2. The van der Waals surface area contributed by atoms with Crippen molar-refractivity contribution < 1.29 is 14.3 Å². The monoisotopic (exact) mass is 298 g/mol. The molecule has 2 amide bonds. The van der Waals surface area contributed by atoms with Gasteiger partial charge in [-0.2, -0.15) is 0 Å². The van der Waals surface area contributed by atoms with Crippen LogP contribution in [0.15, 0.2) is 0 Å². The summed E-state index contributed by atoms with van der Waals surface area (Å²) in [6.45, 7) is 6.15. The Morgan fingerprint density at radius 2 is 2.10 bits per heavy atom. The Kier molecular flexibility index (Phi) is 6.41. The normalized spacial score (nSPS) is 23.6. The minimum absolute atomic E-state index is 0.00622. The Morgan fingerprint density at radius 3 is 2.81 bits per heavy atom. The summed E-state index contributed by atoms with van der Waals surface area (Å²) >= 11 is 0. The van der Waals surface area contributed by atoms with Gasteiger partial charge in [0.1, 0.15) is 0 Å². The zero-order valence-corrected chi connectivity index (χ0v) is 12.6. The van der Waals surface area contributed by atoms with Crippen molar-refractivity contribution in [2.45, 2.75) is 25.3 Å². The van der Waals surface area contributed by atoms with Gasteiger partial charge in [-0.05, 0) is 13.0 Å². The number of rotatable bonds is 7. The number of nitrogens with one attached hydrogen (secondary N) is 1. The predicted octanol–water partition coefficient (Wildman–Crippen LogP) is -1.23. The van der Waals surface area contributed by atoms with E-state index in [0.29, 0.717) is 32.4 Å². The molecule has 0 radical (unpaired) electrons. The summed E-state index contributed by atoms with van der Waals surface area (Å²) in [7, 11) is 0. The van der Waals surface area contributed by atoms with Gasteiger partial charge in [-0.1, -0.05) is 0 Å². The summed E-state index contributed by atoms with van der Waals surface area (Å²) in [5, 5.41) is 2.92. The molecule has 0 bridgehead atoms. The highest BCUT2D eigenvalue weighted by molar-refractivity contribution is 5.82. The molecule has 0 aromatic carbocycles. The van der Waals surface area contributed by atoms with Crippen LogP contribution in [0.4, 0.5) is 0 Å². The fraction of sp³-hybridized carbons (Fsp3) is 0.857. The fourth-order valence-corrected chi connectivity index (χ4v) is 2.73. The number of carbonyl (C=O) groups excluding carboxylic acids is 2. The van der Waals surface area contributed by atoms with Gasteiger partial charge in [-0.15, -0.1) is 0 Å². The number of likely N-dealkylation sites (tertiary alicyclic amines) is 1. The molecule has 2 aliphatic heterocycles. The summed E-state index contributed by atoms with van der Waals surface area (Å²) in [6, 6.07) is -0.0486. The first-order valence-corrected chi connectivity index (χ1v) is 7.76. The van der Waals surface area contributed by atoms with Crippen LogP contribution in [-0.2, 0) is 14.3 Å². The van der Waals surface area contributed by atoms with Crippen molar-refractivity contribution in [3.8, 4) is 0 Å². The van der Waals surface area contributed by atoms with E-state index in [1.54, 1.807) is 0 Å². The second-order valence-electron chi connectivity index (χ2n) is 5.65. The second-order valence-corrected chi connectivity index (χ2v) is 5.65. The molecule has 1 atom stereocenters. The lowest BCUT2D eigenvalue weighted by atomic mass is 10.2. The molecule has 2 rings (SSSR count). The summed E-state index contributed by atoms with van der Waals surface area (Å²) in [4.78, 5) is 27.8. The number of carbonyl (C=O) groups is 2. The van der Waals surface area contributed by atoms with Gasteiger partial charge < -0.3 is 20.7 Å². The molecule has 0 saturated carbocycles. The van der Waals surface area contributed by atoms with Crippen LogP contribution in [0.5, 0.6) is 0 Å². The maximum absolute atomic E-state index is 12.0. The van der Waals surface area contributed by atoms with Crippen molar-refractivity contribution in [2.75, 3.05) is 52.5 Å². The van der Waals surface area contributed by atoms with Gasteiger partial charge in [0, 0.05) is 45.6 Å². The number of nitrogens with zero attached hydrogens (tertiary/aromatic N) is 2. The third-order valence-electron chi connectivity index (χ3n) is 3.98. The first kappa shape index (κ1) is 16.2. The van der Waals surface area contributed by atoms with E-state index in [1.165, 1.54) is 0 Å². The molecule has 120 valence electrons. The molecule has 0 aromatic rings. The smallest absolute Gasteiger partial charge is 0.224 e. The summed E-state index contributed by atoms with van der Waals surface area (Å²) < 4.78 is 5.31. The number of morpholine rings is 1. The molecule has 2 aliphatic rings. The Morgan fingerprint density at radius 1 is 1.33 bits per heavy atom. The lowest BCUT2D eigenvalue weighted by Gasteiger charge is -2.28. The van der Waals surface area contributed by atoms with E-state index in [2.05, 4.69) is 10.2 Å². The van der Waals surface area contributed by atoms with E-state index in [-0.39, 0.29) is 17.9 Å². The van der Waals surface area contributed by atoms with Gasteiger partial charge in [0.15, 0.2) is 0 Å². The van der Waals surface area contributed by atoms with Crippen LogP contribution >= 0.6 is 0 Å². The van der Waals surface area contributed by atoms with E-state index < -0.39 is 0 Å². The molecule has 0 aliphatic carbocycles. The quantitative estimate of drug-likeness (QED) is 0.615. The lowest BCUT2D eigenvalue weighted by Crippen LogP contribution is -2.42. The van der Waals surface area contributed by atoms with Crippen LogP contribution in [0.1, 0.15) is 19.3 Å². The topological polar surface area (TPSA) is 87.9 Å². The predicted molar refractivity (Wildman–Crippen MR) is 78.7 cm³/mol. The number of nitrogens with two attached hydrogens (primary N) is 1. The molecule has 0 aromatic heterocycles. The fourth-order valence-electron chi connectivity index (χ4n) is 2.73. The SMILES string of the molecule is NCCCC(=O)NC1CC(=O)N(CCN2CCOCC2)C1. The maximum Gasteiger partial charge on any atom is 0.224 e. The van der Waals surface area contributed by atoms with Crippen molar-refractivity contribution in [3.05, 3.63) is 0 Å². The summed E-state index contributed by atoms with van der Waals surface area (Å²) in [5.74, 6) is 0.126. The molecule has 0 spiro atoms. The van der Waals surface area contributed by atoms with E-state index in [0.717, 1.165) is 39.4 Å². The highest BCUT2D eigenvalue weighted by atomic mass is 16.5. The van der Waals surface area contributed by atoms with Gasteiger partial charge in [0.25, 0.3) is 0 Å².